The molecule has 0 aliphatic heterocycles. The first kappa shape index (κ1) is 19.7. The summed E-state index contributed by atoms with van der Waals surface area (Å²) in [5.74, 6) is 0.567. The molecule has 2 amide bonds. The third kappa shape index (κ3) is 6.64. The van der Waals surface area contributed by atoms with Gasteiger partial charge >= 0.3 is 0 Å². The molecule has 9 heteroatoms. The van der Waals surface area contributed by atoms with Crippen molar-refractivity contribution in [3.63, 3.8) is 0 Å². The van der Waals surface area contributed by atoms with Crippen molar-refractivity contribution in [1.82, 2.24) is 15.5 Å². The average molecular weight is 399 g/mol. The fraction of sp³-hybridized carbons (Fsp3) is 0.375. The number of nitrogens with zero attached hydrogens (tertiary/aromatic N) is 2. The van der Waals surface area contributed by atoms with Crippen molar-refractivity contribution in [1.29, 1.82) is 0 Å². The molecule has 0 bridgehead atoms. The molecule has 25 heavy (non-hydrogen) atoms. The molecule has 2 N–H and O–H groups in total. The summed E-state index contributed by atoms with van der Waals surface area (Å²) in [6, 6.07) is 7.07. The molecule has 134 valence electrons. The van der Waals surface area contributed by atoms with Crippen LogP contribution in [0, 0.1) is 0 Å². The predicted octanol–water partition coefficient (Wildman–Crippen LogP) is 3.59. The van der Waals surface area contributed by atoms with E-state index in [-0.39, 0.29) is 22.9 Å². The Bertz CT molecular complexity index is 738. The normalized spacial score (nSPS) is 11.8. The van der Waals surface area contributed by atoms with Gasteiger partial charge in [0.05, 0.1) is 5.75 Å². The third-order valence-electron chi connectivity index (χ3n) is 3.22. The molecule has 0 aliphatic carbocycles. The zero-order valence-electron chi connectivity index (χ0n) is 13.9. The third-order valence-corrected chi connectivity index (χ3v) is 5.51. The second-order valence-electron chi connectivity index (χ2n) is 5.34. The number of halogens is 1. The van der Waals surface area contributed by atoms with Gasteiger partial charge in [-0.05, 0) is 31.5 Å². The smallest absolute Gasteiger partial charge is 0.286 e. The highest BCUT2D eigenvalue weighted by Gasteiger charge is 2.14. The van der Waals surface area contributed by atoms with Crippen LogP contribution in [0.4, 0.5) is 5.69 Å². The molecule has 1 heterocycles. The number of hydrogen-bond donors (Lipinski definition) is 2. The van der Waals surface area contributed by atoms with Gasteiger partial charge in [0.25, 0.3) is 5.91 Å². The molecule has 2 aromatic rings. The van der Waals surface area contributed by atoms with E-state index < -0.39 is 0 Å². The SMILES string of the molecule is CC[C@H](C)NC(=O)CSCc1nnc(C(=O)Nc2cccc(Cl)c2)s1. The second-order valence-corrected chi connectivity index (χ2v) is 7.82. The first-order chi connectivity index (χ1) is 12.0. The Labute approximate surface area is 159 Å². The molecule has 0 spiro atoms. The summed E-state index contributed by atoms with van der Waals surface area (Å²) >= 11 is 8.55. The first-order valence-electron chi connectivity index (χ1n) is 7.74. The van der Waals surface area contributed by atoms with Crippen LogP contribution in [0.1, 0.15) is 35.1 Å². The first-order valence-corrected chi connectivity index (χ1v) is 10.1. The van der Waals surface area contributed by atoms with Gasteiger partial charge in [0.2, 0.25) is 10.9 Å². The maximum absolute atomic E-state index is 12.2. The van der Waals surface area contributed by atoms with Gasteiger partial charge in [-0.15, -0.1) is 22.0 Å². The Hall–Kier alpha value is -1.64. The molecular weight excluding hydrogens is 380 g/mol. The van der Waals surface area contributed by atoms with Crippen LogP contribution in [0.25, 0.3) is 0 Å². The summed E-state index contributed by atoms with van der Waals surface area (Å²) in [5, 5.41) is 15.1. The van der Waals surface area contributed by atoms with Crippen LogP contribution in [0.2, 0.25) is 5.02 Å². The van der Waals surface area contributed by atoms with E-state index in [2.05, 4.69) is 20.8 Å². The minimum absolute atomic E-state index is 0.00258. The van der Waals surface area contributed by atoms with Crippen molar-refractivity contribution in [2.75, 3.05) is 11.1 Å². The van der Waals surface area contributed by atoms with Crippen LogP contribution >= 0.6 is 34.7 Å². The van der Waals surface area contributed by atoms with E-state index in [0.29, 0.717) is 27.2 Å². The lowest BCUT2D eigenvalue weighted by Gasteiger charge is -2.10. The van der Waals surface area contributed by atoms with Crippen molar-refractivity contribution in [2.45, 2.75) is 32.1 Å². The second kappa shape index (κ2) is 9.74. The molecular formula is C16H19ClN4O2S2. The molecule has 6 nitrogen and oxygen atoms in total. The lowest BCUT2D eigenvalue weighted by molar-refractivity contribution is -0.119. The monoisotopic (exact) mass is 398 g/mol. The zero-order chi connectivity index (χ0) is 18.2. The molecule has 0 aliphatic rings. The molecule has 0 fully saturated rings. The van der Waals surface area contributed by atoms with Gasteiger partial charge in [-0.1, -0.05) is 35.9 Å². The molecule has 0 saturated carbocycles. The van der Waals surface area contributed by atoms with Gasteiger partial charge in [0.15, 0.2) is 0 Å². The van der Waals surface area contributed by atoms with Crippen LogP contribution in [0.3, 0.4) is 0 Å². The van der Waals surface area contributed by atoms with Gasteiger partial charge in [-0.2, -0.15) is 0 Å². The van der Waals surface area contributed by atoms with E-state index in [1.807, 2.05) is 13.8 Å². The highest BCUT2D eigenvalue weighted by atomic mass is 35.5. The number of rotatable bonds is 8. The van der Waals surface area contributed by atoms with Crippen LogP contribution in [0.15, 0.2) is 24.3 Å². The molecule has 0 unspecified atom stereocenters. The molecule has 0 radical (unpaired) electrons. The summed E-state index contributed by atoms with van der Waals surface area (Å²) in [4.78, 5) is 23.9. The Morgan fingerprint density at radius 3 is 2.88 bits per heavy atom. The fourth-order valence-electron chi connectivity index (χ4n) is 1.80. The number of anilines is 1. The van der Waals surface area contributed by atoms with Gasteiger partial charge in [0.1, 0.15) is 5.01 Å². The zero-order valence-corrected chi connectivity index (χ0v) is 16.3. The number of carbonyl (C=O) groups excluding carboxylic acids is 2. The van der Waals surface area contributed by atoms with Gasteiger partial charge in [-0.3, -0.25) is 9.59 Å². The summed E-state index contributed by atoms with van der Waals surface area (Å²) < 4.78 is 0. The topological polar surface area (TPSA) is 84.0 Å². The standard InChI is InChI=1S/C16H19ClN4O2S2/c1-3-10(2)18-13(22)8-24-9-14-20-21-16(25-14)15(23)19-12-6-4-5-11(17)7-12/h4-7,10H,3,8-9H2,1-2H3,(H,18,22)(H,19,23)/t10-/m0/s1. The van der Waals surface area contributed by atoms with Crippen molar-refractivity contribution in [3.05, 3.63) is 39.3 Å². The highest BCUT2D eigenvalue weighted by molar-refractivity contribution is 7.99. The number of carbonyl (C=O) groups is 2. The number of amides is 2. The summed E-state index contributed by atoms with van der Waals surface area (Å²) in [5.41, 5.74) is 0.602. The summed E-state index contributed by atoms with van der Waals surface area (Å²) in [6.07, 6.45) is 0.901. The number of nitrogens with one attached hydrogen (secondary N) is 2. The molecule has 1 aromatic carbocycles. The van der Waals surface area contributed by atoms with Crippen molar-refractivity contribution < 1.29 is 9.59 Å². The number of benzene rings is 1. The van der Waals surface area contributed by atoms with Crippen molar-refractivity contribution >= 4 is 52.2 Å². The fourth-order valence-corrected chi connectivity index (χ4v) is 3.61. The van der Waals surface area contributed by atoms with Crippen LogP contribution < -0.4 is 10.6 Å². The van der Waals surface area contributed by atoms with Crippen molar-refractivity contribution in [3.8, 4) is 0 Å². The van der Waals surface area contributed by atoms with E-state index in [0.717, 1.165) is 6.42 Å². The quantitative estimate of drug-likeness (QED) is 0.709. The minimum atomic E-state index is -0.328. The number of aromatic nitrogens is 2. The van der Waals surface area contributed by atoms with Crippen LogP contribution in [0.5, 0.6) is 0 Å². The van der Waals surface area contributed by atoms with Gasteiger partial charge in [0, 0.05) is 22.5 Å². The predicted molar refractivity (Wildman–Crippen MR) is 103 cm³/mol. The Morgan fingerprint density at radius 1 is 1.36 bits per heavy atom. The lowest BCUT2D eigenvalue weighted by Crippen LogP contribution is -2.33. The highest BCUT2D eigenvalue weighted by Crippen LogP contribution is 2.19. The maximum atomic E-state index is 12.2. The molecule has 0 saturated heterocycles. The number of thioether (sulfide) groups is 1. The van der Waals surface area contributed by atoms with Crippen LogP contribution in [-0.4, -0.2) is 33.8 Å². The van der Waals surface area contributed by atoms with Crippen molar-refractivity contribution in [2.24, 2.45) is 0 Å². The average Bonchev–Trinajstić information content (AvgIpc) is 3.03. The Balaban J connectivity index is 1.81. The largest absolute Gasteiger partial charge is 0.353 e. The van der Waals surface area contributed by atoms with E-state index in [1.54, 1.807) is 24.3 Å². The minimum Gasteiger partial charge on any atom is -0.353 e. The lowest BCUT2D eigenvalue weighted by atomic mass is 10.3. The van der Waals surface area contributed by atoms with Gasteiger partial charge < -0.3 is 10.6 Å². The Kier molecular flexibility index (Phi) is 7.67. The summed E-state index contributed by atoms with van der Waals surface area (Å²) in [6.45, 7) is 3.99. The molecule has 1 atom stereocenters. The number of hydrogen-bond acceptors (Lipinski definition) is 6. The van der Waals surface area contributed by atoms with E-state index in [1.165, 1.54) is 23.1 Å². The van der Waals surface area contributed by atoms with E-state index >= 15 is 0 Å². The van der Waals surface area contributed by atoms with E-state index in [4.69, 9.17) is 11.6 Å². The maximum Gasteiger partial charge on any atom is 0.286 e. The van der Waals surface area contributed by atoms with Crippen LogP contribution in [-0.2, 0) is 10.5 Å². The van der Waals surface area contributed by atoms with Gasteiger partial charge in [-0.25, -0.2) is 0 Å². The van der Waals surface area contributed by atoms with E-state index in [9.17, 15) is 9.59 Å². The summed E-state index contributed by atoms with van der Waals surface area (Å²) in [7, 11) is 0. The molecule has 2 rings (SSSR count). The molecule has 1 aromatic heterocycles. The Morgan fingerprint density at radius 2 is 2.16 bits per heavy atom.